The molecule has 1 aromatic carbocycles. The van der Waals surface area contributed by atoms with Gasteiger partial charge in [0.05, 0.1) is 18.4 Å². The van der Waals surface area contributed by atoms with Crippen molar-refractivity contribution in [3.8, 4) is 17.2 Å². The lowest BCUT2D eigenvalue weighted by molar-refractivity contribution is 0.0741. The van der Waals surface area contributed by atoms with Crippen LogP contribution >= 0.6 is 0 Å². The lowest BCUT2D eigenvalue weighted by atomic mass is 10.2. The van der Waals surface area contributed by atoms with Crippen LogP contribution in [-0.2, 0) is 0 Å². The summed E-state index contributed by atoms with van der Waals surface area (Å²) in [5, 5.41) is 3.82. The third kappa shape index (κ3) is 3.13. The normalized spacial score (nSPS) is 17.0. The van der Waals surface area contributed by atoms with Crippen molar-refractivity contribution >= 4 is 5.91 Å². The maximum Gasteiger partial charge on any atom is 0.289 e. The van der Waals surface area contributed by atoms with Gasteiger partial charge in [0, 0.05) is 13.0 Å². The molecule has 1 aliphatic rings. The minimum Gasteiger partial charge on any atom is -0.488 e. The fraction of sp³-hybridized carbons (Fsp3) is 0.278. The highest BCUT2D eigenvalue weighted by molar-refractivity contribution is 5.91. The fourth-order valence-electron chi connectivity index (χ4n) is 2.90. The molecule has 7 nitrogen and oxygen atoms in total. The summed E-state index contributed by atoms with van der Waals surface area (Å²) in [5.74, 6) is 1.90. The molecule has 0 bridgehead atoms. The Hall–Kier alpha value is -3.09. The van der Waals surface area contributed by atoms with Crippen molar-refractivity contribution in [2.45, 2.75) is 19.4 Å². The van der Waals surface area contributed by atoms with Crippen LogP contribution < -0.4 is 4.74 Å². The van der Waals surface area contributed by atoms with E-state index in [0.717, 1.165) is 12.0 Å². The molecular weight excluding hydrogens is 322 g/mol. The monoisotopic (exact) mass is 339 g/mol. The van der Waals surface area contributed by atoms with E-state index < -0.39 is 0 Å². The molecule has 1 unspecified atom stereocenters. The van der Waals surface area contributed by atoms with Crippen LogP contribution in [0, 0.1) is 6.92 Å². The fourth-order valence-corrected chi connectivity index (χ4v) is 2.90. The van der Waals surface area contributed by atoms with Gasteiger partial charge in [-0.05, 0) is 31.2 Å². The number of likely N-dealkylation sites (tertiary alicyclic amines) is 1. The Balaban J connectivity index is 1.48. The van der Waals surface area contributed by atoms with Crippen molar-refractivity contribution in [1.82, 2.24) is 15.0 Å². The summed E-state index contributed by atoms with van der Waals surface area (Å²) in [4.78, 5) is 18.3. The molecule has 3 aromatic rings. The molecule has 1 atom stereocenters. The molecule has 0 saturated carbocycles. The second kappa shape index (κ2) is 6.43. The number of hydrogen-bond acceptors (Lipinski definition) is 6. The van der Waals surface area contributed by atoms with Gasteiger partial charge < -0.3 is 18.6 Å². The van der Waals surface area contributed by atoms with E-state index in [1.807, 2.05) is 24.3 Å². The first kappa shape index (κ1) is 15.4. The SMILES string of the molecule is Cc1noc(-c2ccccc2OC2CCN(C(=O)c3ccco3)C2)n1. The Kier molecular flexibility index (Phi) is 3.97. The van der Waals surface area contributed by atoms with Gasteiger partial charge in [-0.1, -0.05) is 17.3 Å². The minimum atomic E-state index is -0.114. The maximum atomic E-state index is 12.3. The van der Waals surface area contributed by atoms with E-state index in [9.17, 15) is 4.79 Å². The number of para-hydroxylation sites is 1. The van der Waals surface area contributed by atoms with E-state index in [4.69, 9.17) is 13.7 Å². The number of ether oxygens (including phenoxy) is 1. The Bertz CT molecular complexity index is 872. The predicted molar refractivity (Wildman–Crippen MR) is 88.1 cm³/mol. The van der Waals surface area contributed by atoms with Gasteiger partial charge in [-0.25, -0.2) is 0 Å². The molecule has 1 saturated heterocycles. The number of aryl methyl sites for hydroxylation is 1. The lowest BCUT2D eigenvalue weighted by Crippen LogP contribution is -2.30. The second-order valence-electron chi connectivity index (χ2n) is 5.90. The quantitative estimate of drug-likeness (QED) is 0.727. The summed E-state index contributed by atoms with van der Waals surface area (Å²) in [5.41, 5.74) is 0.749. The zero-order valence-corrected chi connectivity index (χ0v) is 13.7. The first-order chi connectivity index (χ1) is 12.2. The molecule has 0 N–H and O–H groups in total. The van der Waals surface area contributed by atoms with Crippen molar-refractivity contribution in [2.75, 3.05) is 13.1 Å². The highest BCUT2D eigenvalue weighted by Crippen LogP contribution is 2.30. The lowest BCUT2D eigenvalue weighted by Gasteiger charge is -2.17. The van der Waals surface area contributed by atoms with E-state index in [1.54, 1.807) is 24.0 Å². The number of hydrogen-bond donors (Lipinski definition) is 0. The third-order valence-corrected chi connectivity index (χ3v) is 4.10. The highest BCUT2D eigenvalue weighted by atomic mass is 16.5. The summed E-state index contributed by atoms with van der Waals surface area (Å²) in [6, 6.07) is 10.9. The zero-order valence-electron chi connectivity index (χ0n) is 13.7. The van der Waals surface area contributed by atoms with Crippen LogP contribution in [0.4, 0.5) is 0 Å². The van der Waals surface area contributed by atoms with Crippen molar-refractivity contribution < 1.29 is 18.5 Å². The van der Waals surface area contributed by atoms with Crippen LogP contribution in [0.15, 0.2) is 51.6 Å². The van der Waals surface area contributed by atoms with Crippen LogP contribution in [0.1, 0.15) is 22.8 Å². The van der Waals surface area contributed by atoms with Gasteiger partial charge >= 0.3 is 0 Å². The molecular formula is C18H17N3O4. The highest BCUT2D eigenvalue weighted by Gasteiger charge is 2.30. The van der Waals surface area contributed by atoms with Gasteiger partial charge in [-0.2, -0.15) is 4.98 Å². The number of aromatic nitrogens is 2. The molecule has 1 aliphatic heterocycles. The number of rotatable bonds is 4. The Labute approximate surface area is 144 Å². The van der Waals surface area contributed by atoms with Gasteiger partial charge in [-0.3, -0.25) is 4.79 Å². The summed E-state index contributed by atoms with van der Waals surface area (Å²) >= 11 is 0. The van der Waals surface area contributed by atoms with Crippen LogP contribution in [0.3, 0.4) is 0 Å². The average molecular weight is 339 g/mol. The first-order valence-corrected chi connectivity index (χ1v) is 8.10. The molecule has 3 heterocycles. The third-order valence-electron chi connectivity index (χ3n) is 4.10. The molecule has 1 amide bonds. The van der Waals surface area contributed by atoms with Gasteiger partial charge in [-0.15, -0.1) is 0 Å². The molecule has 7 heteroatoms. The van der Waals surface area contributed by atoms with Crippen LogP contribution in [-0.4, -0.2) is 40.1 Å². The van der Waals surface area contributed by atoms with Gasteiger partial charge in [0.1, 0.15) is 11.9 Å². The van der Waals surface area contributed by atoms with E-state index in [1.165, 1.54) is 6.26 Å². The Morgan fingerprint density at radius 2 is 2.16 bits per heavy atom. The number of furan rings is 1. The zero-order chi connectivity index (χ0) is 17.2. The van der Waals surface area contributed by atoms with Gasteiger partial charge in [0.25, 0.3) is 11.8 Å². The number of benzene rings is 1. The predicted octanol–water partition coefficient (Wildman–Crippen LogP) is 2.93. The van der Waals surface area contributed by atoms with Gasteiger partial charge in [0.15, 0.2) is 11.6 Å². The molecule has 1 fully saturated rings. The van der Waals surface area contributed by atoms with Crippen molar-refractivity contribution in [2.24, 2.45) is 0 Å². The molecule has 0 aliphatic carbocycles. The molecule has 25 heavy (non-hydrogen) atoms. The summed E-state index contributed by atoms with van der Waals surface area (Å²) in [6.07, 6.45) is 2.16. The van der Waals surface area contributed by atoms with Crippen LogP contribution in [0.5, 0.6) is 5.75 Å². The minimum absolute atomic E-state index is 0.0934. The van der Waals surface area contributed by atoms with Crippen molar-refractivity contribution in [3.63, 3.8) is 0 Å². The molecule has 2 aromatic heterocycles. The van der Waals surface area contributed by atoms with E-state index >= 15 is 0 Å². The standard InChI is InChI=1S/C18H17N3O4/c1-12-19-17(25-20-12)14-5-2-3-6-15(14)24-13-8-9-21(11-13)18(22)16-7-4-10-23-16/h2-7,10,13H,8-9,11H2,1H3. The second-order valence-corrected chi connectivity index (χ2v) is 5.90. The van der Waals surface area contributed by atoms with E-state index in [0.29, 0.717) is 36.3 Å². The average Bonchev–Trinajstić information content (AvgIpc) is 3.36. The number of amides is 1. The molecule has 4 rings (SSSR count). The molecule has 128 valence electrons. The molecule has 0 spiro atoms. The topological polar surface area (TPSA) is 81.6 Å². The summed E-state index contributed by atoms with van der Waals surface area (Å²) in [7, 11) is 0. The number of carbonyl (C=O) groups is 1. The maximum absolute atomic E-state index is 12.3. The number of nitrogens with zero attached hydrogens (tertiary/aromatic N) is 3. The smallest absolute Gasteiger partial charge is 0.289 e. The first-order valence-electron chi connectivity index (χ1n) is 8.10. The number of carbonyl (C=O) groups excluding carboxylic acids is 1. The summed E-state index contributed by atoms with van der Waals surface area (Å²) < 4.78 is 16.5. The Morgan fingerprint density at radius 1 is 1.28 bits per heavy atom. The van der Waals surface area contributed by atoms with Crippen molar-refractivity contribution in [1.29, 1.82) is 0 Å². The Morgan fingerprint density at radius 3 is 2.92 bits per heavy atom. The van der Waals surface area contributed by atoms with Crippen LogP contribution in [0.25, 0.3) is 11.5 Å². The van der Waals surface area contributed by atoms with Crippen molar-refractivity contribution in [3.05, 3.63) is 54.2 Å². The van der Waals surface area contributed by atoms with Crippen LogP contribution in [0.2, 0.25) is 0 Å². The molecule has 0 radical (unpaired) electrons. The van der Waals surface area contributed by atoms with E-state index in [-0.39, 0.29) is 12.0 Å². The van der Waals surface area contributed by atoms with E-state index in [2.05, 4.69) is 10.1 Å². The largest absolute Gasteiger partial charge is 0.488 e. The summed E-state index contributed by atoms with van der Waals surface area (Å²) in [6.45, 7) is 2.91. The van der Waals surface area contributed by atoms with Gasteiger partial charge in [0.2, 0.25) is 0 Å².